The number of non-ortho nitro benzene ring substituents is 1. The Bertz CT molecular complexity index is 811. The maximum atomic E-state index is 13.3. The number of alkyl halides is 3. The zero-order chi connectivity index (χ0) is 18.1. The van der Waals surface area contributed by atoms with E-state index in [2.05, 4.69) is 5.10 Å². The van der Waals surface area contributed by atoms with Crippen molar-refractivity contribution in [2.24, 2.45) is 0 Å². The molecule has 0 aliphatic heterocycles. The SMILES string of the molecule is O=C(O)CC(=O)c1cnn(-c2ccc([N+](=O)[O-])cc2)c1C(F)(F)F. The highest BCUT2D eigenvalue weighted by Gasteiger charge is 2.40. The molecule has 0 spiro atoms. The third-order valence-electron chi connectivity index (χ3n) is 2.96. The Kier molecular flexibility index (Phi) is 4.35. The average Bonchev–Trinajstić information content (AvgIpc) is 2.91. The van der Waals surface area contributed by atoms with Crippen LogP contribution in [0.15, 0.2) is 30.5 Å². The lowest BCUT2D eigenvalue weighted by Gasteiger charge is -2.12. The Labute approximate surface area is 131 Å². The Balaban J connectivity index is 2.55. The summed E-state index contributed by atoms with van der Waals surface area (Å²) in [6.07, 6.45) is -5.48. The zero-order valence-corrected chi connectivity index (χ0v) is 11.6. The first kappa shape index (κ1) is 17.1. The average molecular weight is 343 g/mol. The molecule has 24 heavy (non-hydrogen) atoms. The van der Waals surface area contributed by atoms with Gasteiger partial charge in [0.25, 0.3) is 5.69 Å². The molecule has 0 radical (unpaired) electrons. The van der Waals surface area contributed by atoms with Crippen LogP contribution in [0.3, 0.4) is 0 Å². The maximum Gasteiger partial charge on any atom is 0.434 e. The summed E-state index contributed by atoms with van der Waals surface area (Å²) >= 11 is 0. The van der Waals surface area contributed by atoms with E-state index in [1.54, 1.807) is 0 Å². The largest absolute Gasteiger partial charge is 0.481 e. The van der Waals surface area contributed by atoms with Gasteiger partial charge in [0.15, 0.2) is 11.5 Å². The van der Waals surface area contributed by atoms with Crippen molar-refractivity contribution in [3.63, 3.8) is 0 Å². The summed E-state index contributed by atoms with van der Waals surface area (Å²) in [4.78, 5) is 32.1. The summed E-state index contributed by atoms with van der Waals surface area (Å²) in [5.41, 5.74) is -2.82. The van der Waals surface area contributed by atoms with Crippen LogP contribution in [0, 0.1) is 10.1 Å². The first-order chi connectivity index (χ1) is 11.1. The van der Waals surface area contributed by atoms with Crippen LogP contribution in [-0.2, 0) is 11.0 Å². The molecule has 0 aliphatic carbocycles. The molecule has 0 atom stereocenters. The molecule has 2 aromatic rings. The van der Waals surface area contributed by atoms with Gasteiger partial charge >= 0.3 is 12.1 Å². The summed E-state index contributed by atoms with van der Waals surface area (Å²) < 4.78 is 40.2. The van der Waals surface area contributed by atoms with E-state index in [0.29, 0.717) is 10.9 Å². The zero-order valence-electron chi connectivity index (χ0n) is 11.6. The molecule has 0 fully saturated rings. The molecule has 0 saturated heterocycles. The maximum absolute atomic E-state index is 13.3. The number of nitro groups is 1. The number of carbonyl (C=O) groups is 2. The lowest BCUT2D eigenvalue weighted by atomic mass is 10.1. The van der Waals surface area contributed by atoms with E-state index in [-0.39, 0.29) is 11.4 Å². The lowest BCUT2D eigenvalue weighted by molar-refractivity contribution is -0.384. The van der Waals surface area contributed by atoms with Gasteiger partial charge in [-0.15, -0.1) is 0 Å². The molecular weight excluding hydrogens is 335 g/mol. The first-order valence-electron chi connectivity index (χ1n) is 6.26. The predicted molar refractivity (Wildman–Crippen MR) is 71.8 cm³/mol. The van der Waals surface area contributed by atoms with Crippen molar-refractivity contribution in [3.05, 3.63) is 51.8 Å². The van der Waals surface area contributed by atoms with Gasteiger partial charge in [0.05, 0.1) is 22.4 Å². The molecule has 1 aromatic heterocycles. The van der Waals surface area contributed by atoms with Gasteiger partial charge in [-0.1, -0.05) is 0 Å². The number of ketones is 1. The van der Waals surface area contributed by atoms with Crippen LogP contribution >= 0.6 is 0 Å². The number of halogens is 3. The Morgan fingerprint density at radius 1 is 1.25 bits per heavy atom. The van der Waals surface area contributed by atoms with E-state index < -0.39 is 40.5 Å². The molecule has 8 nitrogen and oxygen atoms in total. The summed E-state index contributed by atoms with van der Waals surface area (Å²) in [5, 5.41) is 22.6. The van der Waals surface area contributed by atoms with Crippen molar-refractivity contribution in [3.8, 4) is 5.69 Å². The first-order valence-corrected chi connectivity index (χ1v) is 6.26. The Morgan fingerprint density at radius 3 is 2.29 bits per heavy atom. The third-order valence-corrected chi connectivity index (χ3v) is 2.96. The molecule has 1 heterocycles. The molecule has 0 unspecified atom stereocenters. The Morgan fingerprint density at radius 2 is 1.83 bits per heavy atom. The summed E-state index contributed by atoms with van der Waals surface area (Å²) in [5.74, 6) is -2.82. The highest BCUT2D eigenvalue weighted by Crippen LogP contribution is 2.34. The normalized spacial score (nSPS) is 11.3. The van der Waals surface area contributed by atoms with Crippen molar-refractivity contribution in [2.75, 3.05) is 0 Å². The van der Waals surface area contributed by atoms with E-state index in [0.717, 1.165) is 24.3 Å². The summed E-state index contributed by atoms with van der Waals surface area (Å²) in [7, 11) is 0. The van der Waals surface area contributed by atoms with Gasteiger partial charge in [-0.05, 0) is 12.1 Å². The van der Waals surface area contributed by atoms with Gasteiger partial charge in [0, 0.05) is 12.1 Å². The van der Waals surface area contributed by atoms with Crippen LogP contribution in [0.5, 0.6) is 0 Å². The molecular formula is C13H8F3N3O5. The minimum atomic E-state index is -4.98. The van der Waals surface area contributed by atoms with Crippen LogP contribution < -0.4 is 0 Å². The van der Waals surface area contributed by atoms with Gasteiger partial charge in [-0.3, -0.25) is 19.7 Å². The number of nitrogens with zero attached hydrogens (tertiary/aromatic N) is 3. The molecule has 1 N–H and O–H groups in total. The van der Waals surface area contributed by atoms with Crippen LogP contribution in [0.2, 0.25) is 0 Å². The van der Waals surface area contributed by atoms with Gasteiger partial charge in [-0.25, -0.2) is 4.68 Å². The molecule has 2 rings (SSSR count). The van der Waals surface area contributed by atoms with Crippen molar-refractivity contribution in [2.45, 2.75) is 12.6 Å². The minimum Gasteiger partial charge on any atom is -0.481 e. The van der Waals surface area contributed by atoms with E-state index in [1.807, 2.05) is 0 Å². The third kappa shape index (κ3) is 3.39. The second-order valence-electron chi connectivity index (χ2n) is 4.58. The molecule has 0 amide bonds. The number of hydrogen-bond acceptors (Lipinski definition) is 5. The monoisotopic (exact) mass is 343 g/mol. The van der Waals surface area contributed by atoms with Crippen LogP contribution in [0.4, 0.5) is 18.9 Å². The van der Waals surface area contributed by atoms with Gasteiger partial charge in [-0.2, -0.15) is 18.3 Å². The highest BCUT2D eigenvalue weighted by atomic mass is 19.4. The second kappa shape index (κ2) is 6.10. The Hall–Kier alpha value is -3.24. The molecule has 0 bridgehead atoms. The fourth-order valence-electron chi connectivity index (χ4n) is 1.97. The number of carboxylic acid groups (broad SMARTS) is 1. The second-order valence-corrected chi connectivity index (χ2v) is 4.58. The van der Waals surface area contributed by atoms with Crippen molar-refractivity contribution < 1.29 is 32.8 Å². The van der Waals surface area contributed by atoms with Crippen LogP contribution in [0.1, 0.15) is 22.5 Å². The number of aliphatic carboxylic acids is 1. The molecule has 0 aliphatic rings. The fourth-order valence-corrected chi connectivity index (χ4v) is 1.97. The number of benzene rings is 1. The number of nitro benzene ring substituents is 1. The number of rotatable bonds is 5. The summed E-state index contributed by atoms with van der Waals surface area (Å²) in [6.45, 7) is 0. The molecule has 126 valence electrons. The van der Waals surface area contributed by atoms with Crippen LogP contribution in [-0.4, -0.2) is 31.6 Å². The number of carboxylic acids is 1. The van der Waals surface area contributed by atoms with E-state index in [9.17, 15) is 32.9 Å². The quantitative estimate of drug-likeness (QED) is 0.386. The number of carbonyl (C=O) groups excluding carboxylic acids is 1. The fraction of sp³-hybridized carbons (Fsp3) is 0.154. The lowest BCUT2D eigenvalue weighted by Crippen LogP contribution is -2.18. The number of aromatic nitrogens is 2. The highest BCUT2D eigenvalue weighted by molar-refractivity contribution is 6.06. The smallest absolute Gasteiger partial charge is 0.434 e. The van der Waals surface area contributed by atoms with Crippen molar-refractivity contribution in [1.82, 2.24) is 9.78 Å². The molecule has 1 aromatic carbocycles. The number of hydrogen-bond donors (Lipinski definition) is 1. The topological polar surface area (TPSA) is 115 Å². The van der Waals surface area contributed by atoms with E-state index >= 15 is 0 Å². The van der Waals surface area contributed by atoms with E-state index in [1.165, 1.54) is 0 Å². The predicted octanol–water partition coefficient (Wildman–Crippen LogP) is 2.46. The van der Waals surface area contributed by atoms with Crippen LogP contribution in [0.25, 0.3) is 5.69 Å². The van der Waals surface area contributed by atoms with Crippen molar-refractivity contribution in [1.29, 1.82) is 0 Å². The molecule has 11 heteroatoms. The van der Waals surface area contributed by atoms with Gasteiger partial charge in [0.1, 0.15) is 6.42 Å². The minimum absolute atomic E-state index is 0.165. The molecule has 0 saturated carbocycles. The van der Waals surface area contributed by atoms with Crippen molar-refractivity contribution >= 4 is 17.4 Å². The van der Waals surface area contributed by atoms with Gasteiger partial charge < -0.3 is 5.11 Å². The summed E-state index contributed by atoms with van der Waals surface area (Å²) in [6, 6.07) is 4.03. The van der Waals surface area contributed by atoms with Gasteiger partial charge in [0.2, 0.25) is 0 Å². The standard InChI is InChI=1S/C13H8F3N3O5/c14-13(15,16)12-9(10(20)5-11(21)22)6-17-18(12)7-1-3-8(4-2-7)19(23)24/h1-4,6H,5H2,(H,21,22). The number of Topliss-reactive ketones (excluding diaryl/α,β-unsaturated/α-hetero) is 1. The van der Waals surface area contributed by atoms with E-state index in [4.69, 9.17) is 5.11 Å².